The van der Waals surface area contributed by atoms with Crippen LogP contribution in [0.1, 0.15) is 24.0 Å². The molecule has 4 nitrogen and oxygen atoms in total. The SMILES string of the molecule is COc1ccc(/C=C/CN2C[C@H]3CC[C@@H]2CN(Cc2cccnc2)C3)cc1. The van der Waals surface area contributed by atoms with Gasteiger partial charge in [0.15, 0.2) is 0 Å². The van der Waals surface area contributed by atoms with Crippen molar-refractivity contribution in [1.29, 1.82) is 0 Å². The van der Waals surface area contributed by atoms with Gasteiger partial charge in [0, 0.05) is 51.2 Å². The van der Waals surface area contributed by atoms with Crippen LogP contribution >= 0.6 is 0 Å². The van der Waals surface area contributed by atoms with Gasteiger partial charge in [-0.25, -0.2) is 0 Å². The van der Waals surface area contributed by atoms with E-state index in [9.17, 15) is 0 Å². The number of ether oxygens (including phenoxy) is 1. The lowest BCUT2D eigenvalue weighted by molar-refractivity contribution is 0.146. The summed E-state index contributed by atoms with van der Waals surface area (Å²) in [5.41, 5.74) is 2.55. The number of pyridine rings is 1. The fourth-order valence-electron chi connectivity index (χ4n) is 4.42. The Morgan fingerprint density at radius 1 is 1.11 bits per heavy atom. The Bertz CT molecular complexity index is 744. The second kappa shape index (κ2) is 8.68. The Labute approximate surface area is 162 Å². The van der Waals surface area contributed by atoms with E-state index in [0.717, 1.165) is 24.8 Å². The second-order valence-corrected chi connectivity index (χ2v) is 7.78. The van der Waals surface area contributed by atoms with Gasteiger partial charge in [-0.3, -0.25) is 14.8 Å². The summed E-state index contributed by atoms with van der Waals surface area (Å²) in [4.78, 5) is 9.58. The minimum Gasteiger partial charge on any atom is -0.497 e. The molecule has 3 aliphatic rings. The maximum atomic E-state index is 5.23. The van der Waals surface area contributed by atoms with Gasteiger partial charge in [-0.2, -0.15) is 0 Å². The van der Waals surface area contributed by atoms with Crippen LogP contribution < -0.4 is 4.74 Å². The molecule has 5 rings (SSSR count). The first-order chi connectivity index (χ1) is 13.3. The first-order valence-corrected chi connectivity index (χ1v) is 9.96. The van der Waals surface area contributed by atoms with Crippen molar-refractivity contribution in [2.24, 2.45) is 5.92 Å². The zero-order chi connectivity index (χ0) is 18.5. The van der Waals surface area contributed by atoms with Gasteiger partial charge < -0.3 is 4.74 Å². The van der Waals surface area contributed by atoms with Crippen molar-refractivity contribution in [3.63, 3.8) is 0 Å². The Morgan fingerprint density at radius 2 is 2.00 bits per heavy atom. The van der Waals surface area contributed by atoms with E-state index in [0.29, 0.717) is 6.04 Å². The van der Waals surface area contributed by atoms with Gasteiger partial charge >= 0.3 is 0 Å². The minimum atomic E-state index is 0.668. The smallest absolute Gasteiger partial charge is 0.118 e. The molecule has 1 aromatic heterocycles. The number of nitrogens with zero attached hydrogens (tertiary/aromatic N) is 3. The monoisotopic (exact) mass is 363 g/mol. The van der Waals surface area contributed by atoms with Crippen LogP contribution in [0.3, 0.4) is 0 Å². The minimum absolute atomic E-state index is 0.668. The number of hydrogen-bond acceptors (Lipinski definition) is 4. The summed E-state index contributed by atoms with van der Waals surface area (Å²) in [7, 11) is 1.71. The lowest BCUT2D eigenvalue weighted by Crippen LogP contribution is -2.43. The molecule has 2 aromatic rings. The molecule has 0 unspecified atom stereocenters. The quantitative estimate of drug-likeness (QED) is 0.782. The molecule has 0 saturated carbocycles. The Hall–Kier alpha value is -2.17. The van der Waals surface area contributed by atoms with E-state index in [1.165, 1.54) is 43.6 Å². The van der Waals surface area contributed by atoms with Crippen LogP contribution in [0.25, 0.3) is 6.08 Å². The van der Waals surface area contributed by atoms with Gasteiger partial charge in [-0.1, -0.05) is 30.4 Å². The highest BCUT2D eigenvalue weighted by molar-refractivity contribution is 5.50. The van der Waals surface area contributed by atoms with E-state index >= 15 is 0 Å². The number of hydrogen-bond donors (Lipinski definition) is 0. The van der Waals surface area contributed by atoms with E-state index in [1.54, 1.807) is 7.11 Å². The van der Waals surface area contributed by atoms with Crippen molar-refractivity contribution in [2.45, 2.75) is 25.4 Å². The Kier molecular flexibility index (Phi) is 5.85. The molecule has 3 aliphatic heterocycles. The van der Waals surface area contributed by atoms with Gasteiger partial charge in [-0.15, -0.1) is 0 Å². The van der Waals surface area contributed by atoms with E-state index in [4.69, 9.17) is 4.74 Å². The van der Waals surface area contributed by atoms with Crippen molar-refractivity contribution in [3.8, 4) is 5.75 Å². The number of aromatic nitrogens is 1. The van der Waals surface area contributed by atoms with Crippen LogP contribution in [0.15, 0.2) is 54.9 Å². The first kappa shape index (κ1) is 18.2. The molecule has 0 aliphatic carbocycles. The molecule has 3 fully saturated rings. The van der Waals surface area contributed by atoms with E-state index in [-0.39, 0.29) is 0 Å². The Morgan fingerprint density at radius 3 is 2.78 bits per heavy atom. The van der Waals surface area contributed by atoms with Crippen LogP contribution in [0, 0.1) is 5.92 Å². The number of methoxy groups -OCH3 is 1. The third-order valence-corrected chi connectivity index (χ3v) is 5.80. The van der Waals surface area contributed by atoms with Crippen LogP contribution in [-0.2, 0) is 6.54 Å². The predicted molar refractivity (Wildman–Crippen MR) is 110 cm³/mol. The third kappa shape index (κ3) is 4.76. The van der Waals surface area contributed by atoms with E-state index < -0.39 is 0 Å². The zero-order valence-electron chi connectivity index (χ0n) is 16.1. The second-order valence-electron chi connectivity index (χ2n) is 7.78. The molecule has 4 heteroatoms. The Balaban J connectivity index is 1.35. The molecular formula is C23H29N3O. The number of rotatable bonds is 6. The highest BCUT2D eigenvalue weighted by atomic mass is 16.5. The molecule has 2 bridgehead atoms. The van der Waals surface area contributed by atoms with Crippen LogP contribution in [0.4, 0.5) is 0 Å². The predicted octanol–water partition coefficient (Wildman–Crippen LogP) is 3.70. The van der Waals surface area contributed by atoms with Crippen molar-refractivity contribution < 1.29 is 4.74 Å². The topological polar surface area (TPSA) is 28.6 Å². The summed E-state index contributed by atoms with van der Waals surface area (Å²) in [5, 5.41) is 0. The average molecular weight is 364 g/mol. The lowest BCUT2D eigenvalue weighted by Gasteiger charge is -2.35. The zero-order valence-corrected chi connectivity index (χ0v) is 16.1. The molecule has 3 saturated heterocycles. The molecule has 4 heterocycles. The molecule has 0 amide bonds. The van der Waals surface area contributed by atoms with Crippen molar-refractivity contribution in [1.82, 2.24) is 14.8 Å². The largest absolute Gasteiger partial charge is 0.497 e. The normalized spacial score (nSPS) is 23.6. The number of benzene rings is 1. The molecule has 0 spiro atoms. The van der Waals surface area contributed by atoms with Gasteiger partial charge in [0.05, 0.1) is 7.11 Å². The number of piperidine rings is 1. The number of fused-ring (bicyclic) bond motifs is 4. The first-order valence-electron chi connectivity index (χ1n) is 9.96. The summed E-state index contributed by atoms with van der Waals surface area (Å²) in [5.74, 6) is 1.69. The van der Waals surface area contributed by atoms with Crippen LogP contribution in [-0.4, -0.2) is 54.1 Å². The lowest BCUT2D eigenvalue weighted by atomic mass is 9.95. The van der Waals surface area contributed by atoms with E-state index in [2.05, 4.69) is 45.1 Å². The molecule has 0 N–H and O–H groups in total. The van der Waals surface area contributed by atoms with Gasteiger partial charge in [0.1, 0.15) is 5.75 Å². The maximum Gasteiger partial charge on any atom is 0.118 e. The molecule has 1 aromatic carbocycles. The van der Waals surface area contributed by atoms with E-state index in [1.807, 2.05) is 30.6 Å². The van der Waals surface area contributed by atoms with Gasteiger partial charge in [0.2, 0.25) is 0 Å². The van der Waals surface area contributed by atoms with Crippen LogP contribution in [0.2, 0.25) is 0 Å². The summed E-state index contributed by atoms with van der Waals surface area (Å²) < 4.78 is 5.23. The molecule has 142 valence electrons. The van der Waals surface area contributed by atoms with Crippen LogP contribution in [0.5, 0.6) is 5.75 Å². The highest BCUT2D eigenvalue weighted by Crippen LogP contribution is 2.28. The molecule has 2 atom stereocenters. The van der Waals surface area contributed by atoms with Crippen molar-refractivity contribution in [2.75, 3.05) is 33.3 Å². The molecule has 0 radical (unpaired) electrons. The molecular weight excluding hydrogens is 334 g/mol. The molecule has 27 heavy (non-hydrogen) atoms. The standard InChI is InChI=1S/C23H29N3O/c1-27-23-10-7-19(8-11-23)5-3-13-26-17-21-6-9-22(26)18-25(16-21)15-20-4-2-12-24-14-20/h2-5,7-8,10-12,14,21-22H,6,9,13,15-18H2,1H3/b5-3+/t21-,22+/m0/s1. The summed E-state index contributed by atoms with van der Waals surface area (Å²) in [6, 6.07) is 13.2. The van der Waals surface area contributed by atoms with Crippen molar-refractivity contribution >= 4 is 6.08 Å². The highest BCUT2D eigenvalue weighted by Gasteiger charge is 2.34. The third-order valence-electron chi connectivity index (χ3n) is 5.80. The summed E-state index contributed by atoms with van der Waals surface area (Å²) in [6.07, 6.45) is 11.1. The fourth-order valence-corrected chi connectivity index (χ4v) is 4.42. The van der Waals surface area contributed by atoms with Gasteiger partial charge in [-0.05, 0) is 48.1 Å². The summed E-state index contributed by atoms with van der Waals surface area (Å²) >= 11 is 0. The van der Waals surface area contributed by atoms with Gasteiger partial charge in [0.25, 0.3) is 0 Å². The fraction of sp³-hybridized carbons (Fsp3) is 0.435. The maximum absolute atomic E-state index is 5.23. The van der Waals surface area contributed by atoms with Crippen molar-refractivity contribution in [3.05, 3.63) is 66.0 Å². The summed E-state index contributed by atoms with van der Waals surface area (Å²) in [6.45, 7) is 5.66. The average Bonchev–Trinajstić information content (AvgIpc) is 3.00.